The smallest absolute Gasteiger partial charge is 0.342 e. The van der Waals surface area contributed by atoms with Gasteiger partial charge in [0.2, 0.25) is 0 Å². The van der Waals surface area contributed by atoms with Gasteiger partial charge in [0, 0.05) is 4.47 Å². The summed E-state index contributed by atoms with van der Waals surface area (Å²) in [7, 11) is 1.28. The van der Waals surface area contributed by atoms with E-state index < -0.39 is 11.8 Å². The van der Waals surface area contributed by atoms with Crippen molar-refractivity contribution in [1.82, 2.24) is 0 Å². The van der Waals surface area contributed by atoms with E-state index in [1.807, 2.05) is 6.07 Å². The lowest BCUT2D eigenvalue weighted by molar-refractivity contribution is 0.0594. The van der Waals surface area contributed by atoms with Crippen LogP contribution in [0.1, 0.15) is 80.1 Å². The Bertz CT molecular complexity index is 536. The number of benzene rings is 1. The summed E-state index contributed by atoms with van der Waals surface area (Å²) < 4.78 is 19.9. The van der Waals surface area contributed by atoms with Gasteiger partial charge in [0.15, 0.2) is 0 Å². The molecule has 1 aromatic carbocycles. The fourth-order valence-corrected chi connectivity index (χ4v) is 4.09. The molecule has 1 aromatic rings. The van der Waals surface area contributed by atoms with Crippen LogP contribution in [0.3, 0.4) is 0 Å². The fraction of sp³-hybridized carbons (Fsp3) is 0.632. The first-order valence-electron chi connectivity index (χ1n) is 8.64. The number of hydrogen-bond donors (Lipinski definition) is 0. The van der Waals surface area contributed by atoms with Crippen LogP contribution in [-0.4, -0.2) is 13.1 Å². The molecule has 0 bridgehead atoms. The molecule has 0 N–H and O–H groups in total. The van der Waals surface area contributed by atoms with Gasteiger partial charge in [-0.1, -0.05) is 38.7 Å². The molecule has 2 nitrogen and oxygen atoms in total. The Labute approximate surface area is 146 Å². The molecule has 1 aliphatic carbocycles. The zero-order chi connectivity index (χ0) is 16.8. The van der Waals surface area contributed by atoms with E-state index in [9.17, 15) is 9.18 Å². The monoisotopic (exact) mass is 384 g/mol. The average molecular weight is 385 g/mol. The Morgan fingerprint density at radius 3 is 2.57 bits per heavy atom. The lowest BCUT2D eigenvalue weighted by Gasteiger charge is -2.29. The van der Waals surface area contributed by atoms with E-state index in [-0.39, 0.29) is 11.5 Å². The van der Waals surface area contributed by atoms with Crippen LogP contribution in [0.25, 0.3) is 0 Å². The number of methoxy groups -OCH3 is 1. The molecular weight excluding hydrogens is 359 g/mol. The maximum absolute atomic E-state index is 14.8. The number of carbonyl (C=O) groups is 1. The minimum atomic E-state index is -0.621. The van der Waals surface area contributed by atoms with Crippen LogP contribution in [-0.2, 0) is 4.74 Å². The summed E-state index contributed by atoms with van der Waals surface area (Å²) in [5, 5.41) is 0. The molecule has 1 saturated carbocycles. The van der Waals surface area contributed by atoms with E-state index in [2.05, 4.69) is 22.9 Å². The number of esters is 1. The van der Waals surface area contributed by atoms with Crippen molar-refractivity contribution in [2.24, 2.45) is 5.92 Å². The van der Waals surface area contributed by atoms with Crippen LogP contribution in [0.15, 0.2) is 16.6 Å². The Hall–Kier alpha value is -0.900. The van der Waals surface area contributed by atoms with E-state index in [0.29, 0.717) is 10.0 Å². The lowest BCUT2D eigenvalue weighted by atomic mass is 9.76. The van der Waals surface area contributed by atoms with Gasteiger partial charge in [-0.2, -0.15) is 0 Å². The minimum absolute atomic E-state index is 0.0232. The molecule has 0 amide bonds. The SMILES string of the molecule is CCCCC[C@H]1CC[C@H](c2ccc(Br)c(C(=O)OC)c2F)CC1. The summed E-state index contributed by atoms with van der Waals surface area (Å²) in [6.45, 7) is 2.23. The number of hydrogen-bond acceptors (Lipinski definition) is 2. The van der Waals surface area contributed by atoms with Crippen LogP contribution in [0, 0.1) is 11.7 Å². The maximum atomic E-state index is 14.8. The van der Waals surface area contributed by atoms with Gasteiger partial charge < -0.3 is 4.74 Å². The summed E-state index contributed by atoms with van der Waals surface area (Å²) in [5.41, 5.74) is 0.690. The Morgan fingerprint density at radius 1 is 1.26 bits per heavy atom. The second kappa shape index (κ2) is 8.81. The highest BCUT2D eigenvalue weighted by Crippen LogP contribution is 2.40. The van der Waals surface area contributed by atoms with Gasteiger partial charge in [-0.25, -0.2) is 9.18 Å². The molecule has 0 atom stereocenters. The van der Waals surface area contributed by atoms with Crippen molar-refractivity contribution < 1.29 is 13.9 Å². The summed E-state index contributed by atoms with van der Waals surface area (Å²) >= 11 is 3.25. The highest BCUT2D eigenvalue weighted by molar-refractivity contribution is 9.10. The third-order valence-electron chi connectivity index (χ3n) is 5.01. The maximum Gasteiger partial charge on any atom is 0.342 e. The van der Waals surface area contributed by atoms with Gasteiger partial charge in [0.1, 0.15) is 11.4 Å². The van der Waals surface area contributed by atoms with Crippen LogP contribution < -0.4 is 0 Å². The molecule has 0 unspecified atom stereocenters. The molecule has 0 saturated heterocycles. The zero-order valence-electron chi connectivity index (χ0n) is 14.0. The van der Waals surface area contributed by atoms with Crippen molar-refractivity contribution in [3.8, 4) is 0 Å². The quantitative estimate of drug-likeness (QED) is 0.429. The summed E-state index contributed by atoms with van der Waals surface area (Å²) in [5.74, 6) is -0.0320. The first kappa shape index (κ1) is 18.4. The van der Waals surface area contributed by atoms with E-state index in [4.69, 9.17) is 4.74 Å². The molecule has 1 fully saturated rings. The van der Waals surface area contributed by atoms with Gasteiger partial charge >= 0.3 is 5.97 Å². The standard InChI is InChI=1S/C19H26BrFO2/c1-3-4-5-6-13-7-9-14(10-8-13)15-11-12-16(20)17(18(15)21)19(22)23-2/h11-14H,3-10H2,1-2H3/t13-,14-. The zero-order valence-corrected chi connectivity index (χ0v) is 15.6. The van der Waals surface area contributed by atoms with Crippen LogP contribution >= 0.6 is 15.9 Å². The third-order valence-corrected chi connectivity index (χ3v) is 5.67. The predicted octanol–water partition coefficient (Wildman–Crippen LogP) is 6.23. The number of halogens is 2. The molecule has 0 aromatic heterocycles. The predicted molar refractivity (Wildman–Crippen MR) is 94.3 cm³/mol. The molecule has 4 heteroatoms. The van der Waals surface area contributed by atoms with Crippen molar-refractivity contribution in [3.63, 3.8) is 0 Å². The van der Waals surface area contributed by atoms with Gasteiger partial charge in [0.05, 0.1) is 7.11 Å². The van der Waals surface area contributed by atoms with E-state index in [1.165, 1.54) is 32.8 Å². The Balaban J connectivity index is 2.05. The number of unbranched alkanes of at least 4 members (excludes halogenated alkanes) is 2. The van der Waals surface area contributed by atoms with Crippen molar-refractivity contribution in [2.75, 3.05) is 7.11 Å². The Kier molecular flexibility index (Phi) is 7.07. The molecule has 23 heavy (non-hydrogen) atoms. The number of carbonyl (C=O) groups excluding carboxylic acids is 1. The molecule has 2 rings (SSSR count). The van der Waals surface area contributed by atoms with Crippen molar-refractivity contribution >= 4 is 21.9 Å². The van der Waals surface area contributed by atoms with Gasteiger partial charge in [0.25, 0.3) is 0 Å². The summed E-state index contributed by atoms with van der Waals surface area (Å²) in [4.78, 5) is 11.8. The molecule has 0 aliphatic heterocycles. The van der Waals surface area contributed by atoms with E-state index in [0.717, 1.165) is 31.6 Å². The Morgan fingerprint density at radius 2 is 1.96 bits per heavy atom. The molecule has 1 aliphatic rings. The second-order valence-corrected chi connectivity index (χ2v) is 7.38. The van der Waals surface area contributed by atoms with Gasteiger partial charge in [-0.3, -0.25) is 0 Å². The molecule has 0 heterocycles. The number of ether oxygens (including phenoxy) is 1. The molecule has 0 spiro atoms. The van der Waals surface area contributed by atoms with Crippen molar-refractivity contribution in [2.45, 2.75) is 64.2 Å². The minimum Gasteiger partial charge on any atom is -0.465 e. The average Bonchev–Trinajstić information content (AvgIpc) is 2.56. The topological polar surface area (TPSA) is 26.3 Å². The molecular formula is C19H26BrFO2. The van der Waals surface area contributed by atoms with E-state index in [1.54, 1.807) is 6.07 Å². The number of rotatable bonds is 6. The van der Waals surface area contributed by atoms with Crippen LogP contribution in [0.5, 0.6) is 0 Å². The van der Waals surface area contributed by atoms with Crippen LogP contribution in [0.4, 0.5) is 4.39 Å². The summed E-state index contributed by atoms with van der Waals surface area (Å²) in [6, 6.07) is 3.58. The highest BCUT2D eigenvalue weighted by atomic mass is 79.9. The lowest BCUT2D eigenvalue weighted by Crippen LogP contribution is -2.16. The second-order valence-electron chi connectivity index (χ2n) is 6.53. The largest absolute Gasteiger partial charge is 0.465 e. The first-order chi connectivity index (χ1) is 11.1. The third kappa shape index (κ3) is 4.56. The molecule has 0 radical (unpaired) electrons. The molecule has 128 valence electrons. The highest BCUT2D eigenvalue weighted by Gasteiger charge is 2.27. The van der Waals surface area contributed by atoms with Crippen molar-refractivity contribution in [3.05, 3.63) is 33.5 Å². The fourth-order valence-electron chi connectivity index (χ4n) is 3.62. The van der Waals surface area contributed by atoms with Crippen molar-refractivity contribution in [1.29, 1.82) is 0 Å². The summed E-state index contributed by atoms with van der Waals surface area (Å²) in [6.07, 6.45) is 9.53. The van der Waals surface area contributed by atoms with Gasteiger partial charge in [-0.15, -0.1) is 0 Å². The van der Waals surface area contributed by atoms with Gasteiger partial charge in [-0.05, 0) is 65.1 Å². The first-order valence-corrected chi connectivity index (χ1v) is 9.44. The normalized spacial score (nSPS) is 21.2. The van der Waals surface area contributed by atoms with E-state index >= 15 is 0 Å². The van der Waals surface area contributed by atoms with Crippen LogP contribution in [0.2, 0.25) is 0 Å².